The van der Waals surface area contributed by atoms with Crippen molar-refractivity contribution < 1.29 is 4.74 Å². The molecule has 96 valence electrons. The zero-order valence-electron chi connectivity index (χ0n) is 10.9. The first-order valence-electron chi connectivity index (χ1n) is 5.66. The molecule has 2 aromatic rings. The van der Waals surface area contributed by atoms with Gasteiger partial charge < -0.3 is 10.1 Å². The molecule has 1 unspecified atom stereocenters. The van der Waals surface area contributed by atoms with Crippen molar-refractivity contribution in [2.24, 2.45) is 0 Å². The van der Waals surface area contributed by atoms with Gasteiger partial charge in [-0.25, -0.2) is 9.97 Å². The van der Waals surface area contributed by atoms with Gasteiger partial charge in [-0.05, 0) is 20.8 Å². The van der Waals surface area contributed by atoms with E-state index in [4.69, 9.17) is 4.74 Å². The van der Waals surface area contributed by atoms with Gasteiger partial charge in [-0.2, -0.15) is 4.98 Å². The Balaban J connectivity index is 2.16. The number of nitrogens with one attached hydrogen (secondary N) is 1. The number of ether oxygens (including phenoxy) is 1. The van der Waals surface area contributed by atoms with Crippen LogP contribution in [0.25, 0.3) is 0 Å². The highest BCUT2D eigenvalue weighted by Crippen LogP contribution is 2.21. The molecule has 0 aliphatic heterocycles. The largest absolute Gasteiger partial charge is 0.481 e. The van der Waals surface area contributed by atoms with E-state index in [0.717, 1.165) is 16.4 Å². The number of nitrogens with zero attached hydrogens (tertiary/aromatic N) is 3. The Morgan fingerprint density at radius 2 is 2.00 bits per heavy atom. The molecule has 0 aromatic carbocycles. The minimum atomic E-state index is 0.0789. The Bertz CT molecular complexity index is 541. The average Bonchev–Trinajstić information content (AvgIpc) is 2.75. The number of hydrogen-bond acceptors (Lipinski definition) is 6. The maximum atomic E-state index is 5.12. The summed E-state index contributed by atoms with van der Waals surface area (Å²) < 4.78 is 5.12. The van der Waals surface area contributed by atoms with E-state index in [1.54, 1.807) is 24.5 Å². The Labute approximate surface area is 110 Å². The molecule has 0 spiro atoms. The zero-order valence-corrected chi connectivity index (χ0v) is 11.7. The molecule has 2 heterocycles. The third kappa shape index (κ3) is 2.95. The summed E-state index contributed by atoms with van der Waals surface area (Å²) in [4.78, 5) is 13.0. The molecule has 0 aliphatic carbocycles. The van der Waals surface area contributed by atoms with Gasteiger partial charge in [-0.3, -0.25) is 0 Å². The van der Waals surface area contributed by atoms with Crippen molar-refractivity contribution in [2.45, 2.75) is 26.8 Å². The maximum Gasteiger partial charge on any atom is 0.226 e. The minimum absolute atomic E-state index is 0.0789. The number of methoxy groups -OCH3 is 1. The second-order valence-corrected chi connectivity index (χ2v) is 4.96. The average molecular weight is 264 g/mol. The van der Waals surface area contributed by atoms with Gasteiger partial charge in [0.15, 0.2) is 0 Å². The van der Waals surface area contributed by atoms with E-state index in [1.165, 1.54) is 0 Å². The van der Waals surface area contributed by atoms with Crippen molar-refractivity contribution in [2.75, 3.05) is 12.4 Å². The number of anilines is 1. The molecule has 1 atom stereocenters. The third-order valence-corrected chi connectivity index (χ3v) is 3.54. The van der Waals surface area contributed by atoms with Crippen LogP contribution in [0.1, 0.15) is 29.4 Å². The molecule has 5 nitrogen and oxygen atoms in total. The first-order chi connectivity index (χ1) is 8.58. The first kappa shape index (κ1) is 12.8. The van der Waals surface area contributed by atoms with Crippen LogP contribution in [-0.2, 0) is 0 Å². The van der Waals surface area contributed by atoms with Crippen molar-refractivity contribution in [3.63, 3.8) is 0 Å². The summed E-state index contributed by atoms with van der Waals surface area (Å²) in [6.45, 7) is 5.93. The molecule has 2 aromatic heterocycles. The molecular formula is C12H16N4OS. The van der Waals surface area contributed by atoms with Gasteiger partial charge in [0.25, 0.3) is 0 Å². The Morgan fingerprint density at radius 1 is 1.22 bits per heavy atom. The second kappa shape index (κ2) is 5.30. The molecule has 18 heavy (non-hydrogen) atoms. The number of aryl methyl sites for hydroxylation is 2. The van der Waals surface area contributed by atoms with Crippen LogP contribution < -0.4 is 10.1 Å². The van der Waals surface area contributed by atoms with Gasteiger partial charge in [0.1, 0.15) is 5.01 Å². The van der Waals surface area contributed by atoms with Crippen molar-refractivity contribution in [1.29, 1.82) is 0 Å². The SMILES string of the molecule is COc1cc(C)nc(NC(C)c2nc(C)cs2)n1. The standard InChI is InChI=1S/C12H16N4OS/c1-7-5-10(17-4)16-12(14-7)15-9(3)11-13-8(2)6-18-11/h5-6,9H,1-4H3,(H,14,15,16). The van der Waals surface area contributed by atoms with Gasteiger partial charge in [-0.15, -0.1) is 11.3 Å². The highest BCUT2D eigenvalue weighted by molar-refractivity contribution is 7.09. The molecular weight excluding hydrogens is 248 g/mol. The fourth-order valence-electron chi connectivity index (χ4n) is 1.54. The number of rotatable bonds is 4. The van der Waals surface area contributed by atoms with Crippen LogP contribution in [0.3, 0.4) is 0 Å². The molecule has 0 saturated carbocycles. The zero-order chi connectivity index (χ0) is 13.1. The van der Waals surface area contributed by atoms with Crippen LogP contribution in [0.15, 0.2) is 11.4 Å². The van der Waals surface area contributed by atoms with Crippen LogP contribution in [0.5, 0.6) is 5.88 Å². The molecule has 2 rings (SSSR count). The summed E-state index contributed by atoms with van der Waals surface area (Å²) in [6.07, 6.45) is 0. The van der Waals surface area contributed by atoms with E-state index in [9.17, 15) is 0 Å². The monoisotopic (exact) mass is 264 g/mol. The summed E-state index contributed by atoms with van der Waals surface area (Å²) >= 11 is 1.63. The lowest BCUT2D eigenvalue weighted by Gasteiger charge is -2.12. The molecule has 6 heteroatoms. The van der Waals surface area contributed by atoms with E-state index < -0.39 is 0 Å². The van der Waals surface area contributed by atoms with Crippen LogP contribution in [-0.4, -0.2) is 22.1 Å². The molecule has 0 saturated heterocycles. The van der Waals surface area contributed by atoms with E-state index in [2.05, 4.69) is 20.3 Å². The van der Waals surface area contributed by atoms with Crippen LogP contribution >= 0.6 is 11.3 Å². The lowest BCUT2D eigenvalue weighted by Crippen LogP contribution is -2.10. The molecule has 0 bridgehead atoms. The Hall–Kier alpha value is -1.69. The van der Waals surface area contributed by atoms with Crippen molar-refractivity contribution in [1.82, 2.24) is 15.0 Å². The maximum absolute atomic E-state index is 5.12. The van der Waals surface area contributed by atoms with Crippen molar-refractivity contribution >= 4 is 17.3 Å². The predicted molar refractivity (Wildman–Crippen MR) is 72.2 cm³/mol. The predicted octanol–water partition coefficient (Wildman–Crippen LogP) is 2.73. The highest BCUT2D eigenvalue weighted by Gasteiger charge is 2.11. The topological polar surface area (TPSA) is 59.9 Å². The van der Waals surface area contributed by atoms with E-state index >= 15 is 0 Å². The summed E-state index contributed by atoms with van der Waals surface area (Å²) in [7, 11) is 1.60. The second-order valence-electron chi connectivity index (χ2n) is 4.07. The number of aromatic nitrogens is 3. The van der Waals surface area contributed by atoms with E-state index in [0.29, 0.717) is 11.8 Å². The van der Waals surface area contributed by atoms with Crippen LogP contribution in [0, 0.1) is 13.8 Å². The molecule has 0 amide bonds. The number of thiazole rings is 1. The molecule has 1 N–H and O–H groups in total. The Kier molecular flexibility index (Phi) is 3.76. The normalized spacial score (nSPS) is 12.2. The van der Waals surface area contributed by atoms with Crippen molar-refractivity contribution in [3.05, 3.63) is 27.8 Å². The molecule has 0 fully saturated rings. The summed E-state index contributed by atoms with van der Waals surface area (Å²) in [6, 6.07) is 1.87. The first-order valence-corrected chi connectivity index (χ1v) is 6.54. The summed E-state index contributed by atoms with van der Waals surface area (Å²) in [5, 5.41) is 6.29. The highest BCUT2D eigenvalue weighted by atomic mass is 32.1. The Morgan fingerprint density at radius 3 is 2.61 bits per heavy atom. The molecule has 0 radical (unpaired) electrons. The van der Waals surface area contributed by atoms with Gasteiger partial charge >= 0.3 is 0 Å². The van der Waals surface area contributed by atoms with Crippen LogP contribution in [0.4, 0.5) is 5.95 Å². The van der Waals surface area contributed by atoms with Gasteiger partial charge in [-0.1, -0.05) is 0 Å². The van der Waals surface area contributed by atoms with Gasteiger partial charge in [0, 0.05) is 22.8 Å². The fourth-order valence-corrected chi connectivity index (χ4v) is 2.34. The third-order valence-electron chi connectivity index (χ3n) is 2.39. The molecule has 0 aliphatic rings. The summed E-state index contributed by atoms with van der Waals surface area (Å²) in [5.41, 5.74) is 1.90. The lowest BCUT2D eigenvalue weighted by molar-refractivity contribution is 0.397. The van der Waals surface area contributed by atoms with Crippen LogP contribution in [0.2, 0.25) is 0 Å². The smallest absolute Gasteiger partial charge is 0.226 e. The lowest BCUT2D eigenvalue weighted by atomic mass is 10.3. The van der Waals surface area contributed by atoms with E-state index in [-0.39, 0.29) is 6.04 Å². The summed E-state index contributed by atoms with van der Waals surface area (Å²) in [5.74, 6) is 1.12. The van der Waals surface area contributed by atoms with Crippen molar-refractivity contribution in [3.8, 4) is 5.88 Å². The fraction of sp³-hybridized carbons (Fsp3) is 0.417. The van der Waals surface area contributed by atoms with Gasteiger partial charge in [0.05, 0.1) is 13.2 Å². The minimum Gasteiger partial charge on any atom is -0.481 e. The van der Waals surface area contributed by atoms with Gasteiger partial charge in [0.2, 0.25) is 11.8 Å². The number of hydrogen-bond donors (Lipinski definition) is 1. The van der Waals surface area contributed by atoms with E-state index in [1.807, 2.05) is 26.2 Å². The quantitative estimate of drug-likeness (QED) is 0.920.